The summed E-state index contributed by atoms with van der Waals surface area (Å²) in [6, 6.07) is 11.7. The number of nitrogens with zero attached hydrogens (tertiary/aromatic N) is 1. The number of benzene rings is 2. The highest BCUT2D eigenvalue weighted by atomic mass is 16.6. The second kappa shape index (κ2) is 7.24. The van der Waals surface area contributed by atoms with E-state index in [-0.39, 0.29) is 12.3 Å². The predicted molar refractivity (Wildman–Crippen MR) is 105 cm³/mol. The summed E-state index contributed by atoms with van der Waals surface area (Å²) in [5, 5.41) is 2.72. The molecule has 1 N–H and O–H groups in total. The number of rotatable bonds is 5. The Bertz CT molecular complexity index is 985. The molecule has 1 saturated heterocycles. The van der Waals surface area contributed by atoms with E-state index in [0.29, 0.717) is 35.8 Å². The lowest BCUT2D eigenvalue weighted by atomic mass is 9.91. The van der Waals surface area contributed by atoms with Crippen molar-refractivity contribution in [1.82, 2.24) is 10.2 Å². The number of nitrogens with one attached hydrogen (secondary N) is 1. The van der Waals surface area contributed by atoms with Gasteiger partial charge in [-0.2, -0.15) is 0 Å². The molecule has 0 saturated carbocycles. The van der Waals surface area contributed by atoms with Crippen LogP contribution in [0.25, 0.3) is 0 Å². The lowest BCUT2D eigenvalue weighted by Gasteiger charge is -2.25. The Morgan fingerprint density at radius 3 is 2.45 bits per heavy atom. The van der Waals surface area contributed by atoms with Crippen LogP contribution in [0.2, 0.25) is 0 Å². The Kier molecular flexibility index (Phi) is 4.74. The molecule has 1 fully saturated rings. The third-order valence-electron chi connectivity index (χ3n) is 5.38. The molecule has 3 amide bonds. The molecule has 2 aromatic rings. The molecular weight excluding hydrogens is 372 g/mol. The van der Waals surface area contributed by atoms with E-state index >= 15 is 0 Å². The highest BCUT2D eigenvalue weighted by molar-refractivity contribution is 6.11. The smallest absolute Gasteiger partial charge is 0.325 e. The van der Waals surface area contributed by atoms with E-state index in [4.69, 9.17) is 9.47 Å². The fourth-order valence-electron chi connectivity index (χ4n) is 3.55. The number of fused-ring (bicyclic) bond motifs is 1. The maximum absolute atomic E-state index is 13.1. The molecule has 1 atom stereocenters. The van der Waals surface area contributed by atoms with Gasteiger partial charge in [-0.3, -0.25) is 14.5 Å². The number of ketones is 1. The van der Waals surface area contributed by atoms with Gasteiger partial charge in [0.15, 0.2) is 17.3 Å². The molecule has 0 bridgehead atoms. The van der Waals surface area contributed by atoms with Gasteiger partial charge in [0.05, 0.1) is 6.54 Å². The zero-order chi connectivity index (χ0) is 20.6. The predicted octanol–water partition coefficient (Wildman–Crippen LogP) is 2.67. The van der Waals surface area contributed by atoms with E-state index < -0.39 is 17.5 Å². The van der Waals surface area contributed by atoms with Gasteiger partial charge in [0.1, 0.15) is 18.8 Å². The SMILES string of the molecule is CCc1ccc(C(=O)CN2C(=O)N[C@](C)(c3ccc4c(c3)OCCO4)C2=O)cc1. The first-order chi connectivity index (χ1) is 13.9. The van der Waals surface area contributed by atoms with Crippen molar-refractivity contribution >= 4 is 17.7 Å². The first kappa shape index (κ1) is 19.0. The van der Waals surface area contributed by atoms with Crippen molar-refractivity contribution in [3.8, 4) is 11.5 Å². The molecule has 0 aromatic heterocycles. The van der Waals surface area contributed by atoms with Crippen LogP contribution in [0.3, 0.4) is 0 Å². The number of carbonyl (C=O) groups is 3. The van der Waals surface area contributed by atoms with Gasteiger partial charge in [0, 0.05) is 5.56 Å². The summed E-state index contributed by atoms with van der Waals surface area (Å²) >= 11 is 0. The molecule has 0 aliphatic carbocycles. The Morgan fingerprint density at radius 2 is 1.76 bits per heavy atom. The lowest BCUT2D eigenvalue weighted by molar-refractivity contribution is -0.130. The number of carbonyl (C=O) groups excluding carboxylic acids is 3. The van der Waals surface area contributed by atoms with Crippen LogP contribution in [0.4, 0.5) is 4.79 Å². The largest absolute Gasteiger partial charge is 0.486 e. The van der Waals surface area contributed by atoms with Gasteiger partial charge >= 0.3 is 6.03 Å². The van der Waals surface area contributed by atoms with E-state index in [2.05, 4.69) is 5.32 Å². The molecule has 2 aromatic carbocycles. The Balaban J connectivity index is 1.55. The number of Topliss-reactive ketones (excluding diaryl/α,β-unsaturated/α-hetero) is 1. The number of ether oxygens (including phenoxy) is 2. The minimum Gasteiger partial charge on any atom is -0.486 e. The summed E-state index contributed by atoms with van der Waals surface area (Å²) in [4.78, 5) is 39.2. The van der Waals surface area contributed by atoms with Crippen LogP contribution in [0.15, 0.2) is 42.5 Å². The van der Waals surface area contributed by atoms with Gasteiger partial charge in [0.25, 0.3) is 5.91 Å². The van der Waals surface area contributed by atoms with E-state index in [0.717, 1.165) is 16.9 Å². The van der Waals surface area contributed by atoms with Crippen LogP contribution in [-0.4, -0.2) is 42.4 Å². The molecule has 0 spiro atoms. The molecule has 29 heavy (non-hydrogen) atoms. The maximum Gasteiger partial charge on any atom is 0.325 e. The molecule has 2 aliphatic rings. The molecule has 150 valence electrons. The van der Waals surface area contributed by atoms with E-state index in [1.807, 2.05) is 19.1 Å². The molecule has 2 heterocycles. The van der Waals surface area contributed by atoms with Crippen molar-refractivity contribution < 1.29 is 23.9 Å². The molecule has 0 radical (unpaired) electrons. The minimum absolute atomic E-state index is 0.289. The molecule has 0 unspecified atom stereocenters. The lowest BCUT2D eigenvalue weighted by Crippen LogP contribution is -2.41. The van der Waals surface area contributed by atoms with Crippen molar-refractivity contribution in [2.75, 3.05) is 19.8 Å². The van der Waals surface area contributed by atoms with Crippen molar-refractivity contribution in [3.05, 3.63) is 59.2 Å². The van der Waals surface area contributed by atoms with Crippen LogP contribution >= 0.6 is 0 Å². The summed E-state index contributed by atoms with van der Waals surface area (Å²) in [5.41, 5.74) is 0.875. The first-order valence-electron chi connectivity index (χ1n) is 9.59. The summed E-state index contributed by atoms with van der Waals surface area (Å²) < 4.78 is 11.1. The second-order valence-corrected chi connectivity index (χ2v) is 7.28. The summed E-state index contributed by atoms with van der Waals surface area (Å²) in [6.07, 6.45) is 0.870. The van der Waals surface area contributed by atoms with Gasteiger partial charge in [-0.25, -0.2) is 4.79 Å². The first-order valence-corrected chi connectivity index (χ1v) is 9.59. The number of hydrogen-bond donors (Lipinski definition) is 1. The van der Waals surface area contributed by atoms with Gasteiger partial charge in [0.2, 0.25) is 0 Å². The zero-order valence-corrected chi connectivity index (χ0v) is 16.4. The Hall–Kier alpha value is -3.35. The van der Waals surface area contributed by atoms with Crippen LogP contribution in [0.1, 0.15) is 35.3 Å². The van der Waals surface area contributed by atoms with Crippen molar-refractivity contribution in [3.63, 3.8) is 0 Å². The average Bonchev–Trinajstić information content (AvgIpc) is 2.97. The minimum atomic E-state index is -1.28. The van der Waals surface area contributed by atoms with Crippen molar-refractivity contribution in [2.45, 2.75) is 25.8 Å². The van der Waals surface area contributed by atoms with Crippen LogP contribution in [0.5, 0.6) is 11.5 Å². The molecule has 2 aliphatic heterocycles. The molecule has 7 heteroatoms. The fraction of sp³-hybridized carbons (Fsp3) is 0.318. The second-order valence-electron chi connectivity index (χ2n) is 7.28. The molecule has 4 rings (SSSR count). The number of aryl methyl sites for hydroxylation is 1. The fourth-order valence-corrected chi connectivity index (χ4v) is 3.55. The van der Waals surface area contributed by atoms with Crippen LogP contribution < -0.4 is 14.8 Å². The Labute approximate surface area is 168 Å². The third kappa shape index (κ3) is 3.33. The van der Waals surface area contributed by atoms with Crippen LogP contribution in [0, 0.1) is 0 Å². The standard InChI is InChI=1S/C22H22N2O5/c1-3-14-4-6-15(7-5-14)17(25)13-24-20(26)22(2,23-21(24)27)16-8-9-18-19(12-16)29-11-10-28-18/h4-9,12H,3,10-11,13H2,1-2H3,(H,23,27)/t22-/m1/s1. The Morgan fingerprint density at radius 1 is 1.07 bits per heavy atom. The number of hydrogen-bond acceptors (Lipinski definition) is 5. The highest BCUT2D eigenvalue weighted by Crippen LogP contribution is 2.36. The van der Waals surface area contributed by atoms with Gasteiger partial charge < -0.3 is 14.8 Å². The van der Waals surface area contributed by atoms with Crippen molar-refractivity contribution in [2.24, 2.45) is 0 Å². The van der Waals surface area contributed by atoms with Crippen molar-refractivity contribution in [1.29, 1.82) is 0 Å². The summed E-state index contributed by atoms with van der Waals surface area (Å²) in [6.45, 7) is 4.23. The van der Waals surface area contributed by atoms with Crippen LogP contribution in [-0.2, 0) is 16.8 Å². The van der Waals surface area contributed by atoms with Gasteiger partial charge in [-0.05, 0) is 36.6 Å². The van der Waals surface area contributed by atoms with E-state index in [1.54, 1.807) is 37.3 Å². The summed E-state index contributed by atoms with van der Waals surface area (Å²) in [7, 11) is 0. The zero-order valence-electron chi connectivity index (χ0n) is 16.4. The summed E-state index contributed by atoms with van der Waals surface area (Å²) in [5.74, 6) is 0.366. The third-order valence-corrected chi connectivity index (χ3v) is 5.38. The van der Waals surface area contributed by atoms with Gasteiger partial charge in [-0.1, -0.05) is 37.3 Å². The molecular formula is C22H22N2O5. The van der Waals surface area contributed by atoms with Gasteiger partial charge in [-0.15, -0.1) is 0 Å². The number of imide groups is 1. The maximum atomic E-state index is 13.1. The number of urea groups is 1. The monoisotopic (exact) mass is 394 g/mol. The molecule has 7 nitrogen and oxygen atoms in total. The van der Waals surface area contributed by atoms with E-state index in [9.17, 15) is 14.4 Å². The highest BCUT2D eigenvalue weighted by Gasteiger charge is 2.49. The normalized spacial score (nSPS) is 20.6. The van der Waals surface area contributed by atoms with E-state index in [1.165, 1.54) is 0 Å². The quantitative estimate of drug-likeness (QED) is 0.623. The number of amides is 3. The topological polar surface area (TPSA) is 84.9 Å². The average molecular weight is 394 g/mol.